The van der Waals surface area contributed by atoms with E-state index < -0.39 is 0 Å². The van der Waals surface area contributed by atoms with Crippen LogP contribution >= 0.6 is 0 Å². The minimum Gasteiger partial charge on any atom is -0.309 e. The first-order valence-electron chi connectivity index (χ1n) is 36.3. The van der Waals surface area contributed by atoms with Gasteiger partial charge in [0, 0.05) is 82.1 Å². The molecule has 0 bridgehead atoms. The molecule has 0 amide bonds. The lowest BCUT2D eigenvalue weighted by molar-refractivity contribution is 1.10. The highest BCUT2D eigenvalue weighted by atomic mass is 15.1. The number of rotatable bonds is 8. The van der Waals surface area contributed by atoms with Crippen molar-refractivity contribution < 1.29 is 0 Å². The van der Waals surface area contributed by atoms with Gasteiger partial charge in [0.15, 0.2) is 11.5 Å². The first kappa shape index (κ1) is 61.6. The lowest BCUT2D eigenvalue weighted by atomic mass is 9.97. The SMILES string of the molecule is N#Cc1c(-c2ccccc2)c(-n2c3ccccc3c3c(-c4ccc5c6c7ccccc7ccc6n(-c6ccccc6)c5c4)cccc32)nc2ccccc12.N#Cc1nc(-c2ccc(-n3c4ccccc4c4c(-c5ccc6c7c8ccccc8ccc7n(-c7ccccc7)c6c5)cccc43)cc2)nc2ccccc12. The van der Waals surface area contributed by atoms with Crippen molar-refractivity contribution in [1.29, 1.82) is 10.5 Å². The molecule has 6 aromatic heterocycles. The molecule has 22 rings (SSSR count). The highest BCUT2D eigenvalue weighted by Gasteiger charge is 2.26. The fraction of sp³-hybridized carbons (Fsp3) is 0. The third kappa shape index (κ3) is 9.60. The molecule has 9 nitrogen and oxygen atoms in total. The van der Waals surface area contributed by atoms with Gasteiger partial charge in [0.2, 0.25) is 0 Å². The highest BCUT2D eigenvalue weighted by Crippen LogP contribution is 2.47. The number of fused-ring (bicyclic) bond motifs is 18. The second-order valence-corrected chi connectivity index (χ2v) is 27.5. The van der Waals surface area contributed by atoms with Crippen LogP contribution in [0.5, 0.6) is 0 Å². The molecule has 6 heterocycles. The van der Waals surface area contributed by atoms with E-state index in [4.69, 9.17) is 9.97 Å². The van der Waals surface area contributed by atoms with Gasteiger partial charge in [-0.1, -0.05) is 243 Å². The van der Waals surface area contributed by atoms with Crippen molar-refractivity contribution in [3.05, 3.63) is 369 Å². The van der Waals surface area contributed by atoms with Crippen LogP contribution in [0.2, 0.25) is 0 Å². The van der Waals surface area contributed by atoms with Gasteiger partial charge in [-0.25, -0.2) is 15.0 Å². The molecule has 0 aliphatic carbocycles. The molecule has 0 atom stereocenters. The molecular weight excluding hydrogens is 1320 g/mol. The zero-order valence-electron chi connectivity index (χ0n) is 58.1. The van der Waals surface area contributed by atoms with Gasteiger partial charge in [0.05, 0.1) is 60.7 Å². The van der Waals surface area contributed by atoms with Crippen molar-refractivity contribution in [2.75, 3.05) is 0 Å². The third-order valence-electron chi connectivity index (χ3n) is 21.7. The third-order valence-corrected chi connectivity index (χ3v) is 21.7. The zero-order chi connectivity index (χ0) is 71.5. The van der Waals surface area contributed by atoms with Crippen LogP contribution in [0, 0.1) is 22.7 Å². The van der Waals surface area contributed by atoms with E-state index in [9.17, 15) is 10.5 Å². The molecule has 16 aromatic carbocycles. The Morgan fingerprint density at radius 2 is 0.648 bits per heavy atom. The van der Waals surface area contributed by atoms with E-state index in [-0.39, 0.29) is 0 Å². The molecule has 0 radical (unpaired) electrons. The number of nitriles is 2. The van der Waals surface area contributed by atoms with Crippen LogP contribution in [-0.2, 0) is 0 Å². The summed E-state index contributed by atoms with van der Waals surface area (Å²) in [5.41, 5.74) is 22.2. The van der Waals surface area contributed by atoms with Gasteiger partial charge in [0.25, 0.3) is 0 Å². The normalized spacial score (nSPS) is 11.7. The smallest absolute Gasteiger partial charge is 0.161 e. The predicted octanol–water partition coefficient (Wildman–Crippen LogP) is 25.0. The van der Waals surface area contributed by atoms with Crippen LogP contribution in [0.3, 0.4) is 0 Å². The minimum absolute atomic E-state index is 0.380. The predicted molar refractivity (Wildman–Crippen MR) is 445 cm³/mol. The summed E-state index contributed by atoms with van der Waals surface area (Å²) in [4.78, 5) is 14.8. The summed E-state index contributed by atoms with van der Waals surface area (Å²) in [5.74, 6) is 1.28. The summed E-state index contributed by atoms with van der Waals surface area (Å²) in [6.07, 6.45) is 0. The van der Waals surface area contributed by atoms with E-state index in [2.05, 4.69) is 314 Å². The van der Waals surface area contributed by atoms with Crippen LogP contribution < -0.4 is 0 Å². The van der Waals surface area contributed by atoms with Gasteiger partial charge in [-0.15, -0.1) is 0 Å². The van der Waals surface area contributed by atoms with Crippen LogP contribution in [0.1, 0.15) is 11.3 Å². The van der Waals surface area contributed by atoms with Crippen LogP contribution in [0.15, 0.2) is 358 Å². The van der Waals surface area contributed by atoms with Crippen molar-refractivity contribution in [1.82, 2.24) is 33.2 Å². The van der Waals surface area contributed by atoms with Crippen molar-refractivity contribution in [3.63, 3.8) is 0 Å². The average Bonchev–Trinajstić information content (AvgIpc) is 1.48. The van der Waals surface area contributed by atoms with Gasteiger partial charge < -0.3 is 13.7 Å². The largest absolute Gasteiger partial charge is 0.309 e. The second kappa shape index (κ2) is 24.9. The molecule has 0 saturated carbocycles. The summed E-state index contributed by atoms with van der Waals surface area (Å²) in [6, 6.07) is 131. The van der Waals surface area contributed by atoms with E-state index in [1.54, 1.807) is 0 Å². The van der Waals surface area contributed by atoms with Crippen molar-refractivity contribution in [3.8, 4) is 79.8 Å². The quantitative estimate of drug-likeness (QED) is 0.151. The van der Waals surface area contributed by atoms with Gasteiger partial charge >= 0.3 is 0 Å². The lowest BCUT2D eigenvalue weighted by Gasteiger charge is -2.16. The van der Waals surface area contributed by atoms with Gasteiger partial charge in [0.1, 0.15) is 18.0 Å². The molecule has 0 unspecified atom stereocenters. The average molecular weight is 1370 g/mol. The standard InChI is InChI=1S/C50H30N4.C49H29N5/c51-31-41-38-20-9-11-23-42(38)52-50(47(41)33-15-3-1-4-16-33)54-43-24-12-10-21-39(43)49-37(22-13-25-44(49)54)34-26-28-40-46(30-34)53(35-17-5-2-6-18-35)45-29-27-32-14-7-8-19-36(32)48(40)45;50-30-42-38-15-6-8-18-41(38)51-49(52-42)32-21-25-35(26-22-32)53-43-19-9-7-16-39(43)48-37(17-10-20-44(48)53)33-23-27-40-46(29-33)54(34-12-2-1-3-13-34)45-28-24-31-11-4-5-14-36(31)47(40)45/h1-30H;1-29H. The summed E-state index contributed by atoms with van der Waals surface area (Å²) in [7, 11) is 0. The van der Waals surface area contributed by atoms with Crippen molar-refractivity contribution in [2.45, 2.75) is 0 Å². The Morgan fingerprint density at radius 1 is 0.241 bits per heavy atom. The number of para-hydroxylation sites is 6. The van der Waals surface area contributed by atoms with Gasteiger partial charge in [-0.2, -0.15) is 10.5 Å². The molecule has 22 aromatic rings. The Labute approximate surface area is 619 Å². The van der Waals surface area contributed by atoms with Crippen molar-refractivity contribution in [2.24, 2.45) is 0 Å². The van der Waals surface area contributed by atoms with Crippen molar-refractivity contribution >= 4 is 131 Å². The monoisotopic (exact) mass is 1370 g/mol. The molecule has 500 valence electrons. The van der Waals surface area contributed by atoms with Gasteiger partial charge in [-0.3, -0.25) is 4.57 Å². The fourth-order valence-electron chi connectivity index (χ4n) is 17.1. The summed E-state index contributed by atoms with van der Waals surface area (Å²) >= 11 is 0. The number of nitrogens with zero attached hydrogens (tertiary/aromatic N) is 9. The molecule has 0 aliphatic rings. The maximum atomic E-state index is 10.7. The summed E-state index contributed by atoms with van der Waals surface area (Å²) in [6.45, 7) is 0. The number of pyridine rings is 1. The maximum absolute atomic E-state index is 10.7. The van der Waals surface area contributed by atoms with Crippen LogP contribution in [0.4, 0.5) is 0 Å². The highest BCUT2D eigenvalue weighted by molar-refractivity contribution is 6.25. The first-order valence-corrected chi connectivity index (χ1v) is 36.3. The fourth-order valence-corrected chi connectivity index (χ4v) is 17.1. The number of aromatic nitrogens is 7. The molecule has 0 aliphatic heterocycles. The molecule has 0 fully saturated rings. The number of hydrogen-bond donors (Lipinski definition) is 0. The zero-order valence-corrected chi connectivity index (χ0v) is 58.1. The molecular formula is C99H59N9. The summed E-state index contributed by atoms with van der Waals surface area (Å²) in [5, 5.41) is 36.8. The topological polar surface area (TPSA) is 106 Å². The van der Waals surface area contributed by atoms with E-state index in [0.717, 1.165) is 116 Å². The van der Waals surface area contributed by atoms with E-state index >= 15 is 0 Å². The van der Waals surface area contributed by atoms with E-state index in [1.165, 1.54) is 76.0 Å². The number of hydrogen-bond acceptors (Lipinski definition) is 5. The van der Waals surface area contributed by atoms with E-state index in [0.29, 0.717) is 17.1 Å². The maximum Gasteiger partial charge on any atom is 0.161 e. The molecule has 0 N–H and O–H groups in total. The Balaban J connectivity index is 0.000000138. The van der Waals surface area contributed by atoms with Crippen LogP contribution in [-0.4, -0.2) is 33.2 Å². The lowest BCUT2D eigenvalue weighted by Crippen LogP contribution is -2.04. The molecule has 0 spiro atoms. The van der Waals surface area contributed by atoms with Gasteiger partial charge in [-0.05, 0) is 165 Å². The van der Waals surface area contributed by atoms with Crippen LogP contribution in [0.25, 0.3) is 198 Å². The Morgan fingerprint density at radius 3 is 1.19 bits per heavy atom. The summed E-state index contributed by atoms with van der Waals surface area (Å²) < 4.78 is 9.41. The molecule has 0 saturated heterocycles. The Bertz CT molecular complexity index is 7560. The van der Waals surface area contributed by atoms with E-state index in [1.807, 2.05) is 78.9 Å². The first-order chi connectivity index (χ1) is 53.5. The Hall–Kier alpha value is -15.0. The Kier molecular flexibility index (Phi) is 14.2. The molecule has 9 heteroatoms. The minimum atomic E-state index is 0.380. The molecule has 108 heavy (non-hydrogen) atoms. The second-order valence-electron chi connectivity index (χ2n) is 27.5. The number of benzene rings is 16.